The summed E-state index contributed by atoms with van der Waals surface area (Å²) < 4.78 is 12.7. The summed E-state index contributed by atoms with van der Waals surface area (Å²) in [4.78, 5) is 22.9. The van der Waals surface area contributed by atoms with Gasteiger partial charge in [0, 0.05) is 12.6 Å². The van der Waals surface area contributed by atoms with Crippen LogP contribution < -0.4 is 10.6 Å². The van der Waals surface area contributed by atoms with Crippen molar-refractivity contribution in [2.75, 3.05) is 6.54 Å². The van der Waals surface area contributed by atoms with Crippen LogP contribution in [0.4, 0.5) is 4.39 Å². The molecular formula is C14H17FN2O2. The zero-order valence-corrected chi connectivity index (χ0v) is 10.9. The van der Waals surface area contributed by atoms with E-state index in [9.17, 15) is 14.0 Å². The predicted molar refractivity (Wildman–Crippen MR) is 71.7 cm³/mol. The van der Waals surface area contributed by atoms with Gasteiger partial charge in [-0.2, -0.15) is 0 Å². The Morgan fingerprint density at radius 2 is 1.95 bits per heavy atom. The number of likely N-dealkylation sites (N-methyl/N-ethyl adjacent to an activating group) is 1. The molecule has 4 nitrogen and oxygen atoms in total. The second kappa shape index (κ2) is 7.31. The molecule has 0 heterocycles. The van der Waals surface area contributed by atoms with Crippen molar-refractivity contribution in [3.05, 3.63) is 41.7 Å². The third kappa shape index (κ3) is 5.33. The fraction of sp³-hybridized carbons (Fsp3) is 0.286. The lowest BCUT2D eigenvalue weighted by molar-refractivity contribution is -0.126. The van der Waals surface area contributed by atoms with Gasteiger partial charge in [-0.05, 0) is 37.6 Å². The molecule has 0 radical (unpaired) electrons. The molecular weight excluding hydrogens is 247 g/mol. The zero-order valence-electron chi connectivity index (χ0n) is 10.9. The molecule has 0 spiro atoms. The second-order valence-electron chi connectivity index (χ2n) is 4.01. The second-order valence-corrected chi connectivity index (χ2v) is 4.01. The van der Waals surface area contributed by atoms with Crippen LogP contribution in [0.3, 0.4) is 0 Å². The SMILES string of the molecule is CCNC(=O)C(C)NC(=O)/C=C/c1ccc(F)cc1. The van der Waals surface area contributed by atoms with Gasteiger partial charge in [-0.1, -0.05) is 12.1 Å². The van der Waals surface area contributed by atoms with Gasteiger partial charge < -0.3 is 10.6 Å². The van der Waals surface area contributed by atoms with Crippen molar-refractivity contribution in [1.82, 2.24) is 10.6 Å². The quantitative estimate of drug-likeness (QED) is 0.791. The molecule has 1 aromatic rings. The minimum atomic E-state index is -0.592. The van der Waals surface area contributed by atoms with Gasteiger partial charge in [0.1, 0.15) is 11.9 Å². The molecule has 0 aliphatic rings. The lowest BCUT2D eigenvalue weighted by atomic mass is 10.2. The fourth-order valence-corrected chi connectivity index (χ4v) is 1.40. The van der Waals surface area contributed by atoms with Crippen molar-refractivity contribution in [2.45, 2.75) is 19.9 Å². The first-order chi connectivity index (χ1) is 9.02. The normalized spacial score (nSPS) is 12.2. The number of carbonyl (C=O) groups excluding carboxylic acids is 2. The molecule has 0 aromatic heterocycles. The first-order valence-corrected chi connectivity index (χ1v) is 6.04. The van der Waals surface area contributed by atoms with E-state index in [-0.39, 0.29) is 17.6 Å². The first kappa shape index (κ1) is 14.9. The Hall–Kier alpha value is -2.17. The molecule has 0 fully saturated rings. The van der Waals surface area contributed by atoms with E-state index in [4.69, 9.17) is 0 Å². The van der Waals surface area contributed by atoms with Crippen LogP contribution in [0.1, 0.15) is 19.4 Å². The predicted octanol–water partition coefficient (Wildman–Crippen LogP) is 1.48. The fourth-order valence-electron chi connectivity index (χ4n) is 1.40. The molecule has 2 N–H and O–H groups in total. The van der Waals surface area contributed by atoms with Crippen LogP contribution in [-0.2, 0) is 9.59 Å². The molecule has 2 amide bonds. The number of carbonyl (C=O) groups is 2. The summed E-state index contributed by atoms with van der Waals surface area (Å²) in [5.74, 6) is -0.930. The van der Waals surface area contributed by atoms with Gasteiger partial charge in [-0.15, -0.1) is 0 Å². The van der Waals surface area contributed by atoms with Crippen molar-refractivity contribution in [1.29, 1.82) is 0 Å². The highest BCUT2D eigenvalue weighted by molar-refractivity contribution is 5.95. The number of amides is 2. The van der Waals surface area contributed by atoms with Crippen molar-refractivity contribution in [3.8, 4) is 0 Å². The van der Waals surface area contributed by atoms with Crippen molar-refractivity contribution in [3.63, 3.8) is 0 Å². The maximum atomic E-state index is 12.7. The molecule has 0 bridgehead atoms. The van der Waals surface area contributed by atoms with E-state index in [1.807, 2.05) is 0 Å². The van der Waals surface area contributed by atoms with Gasteiger partial charge in [0.05, 0.1) is 0 Å². The number of nitrogens with one attached hydrogen (secondary N) is 2. The van der Waals surface area contributed by atoms with Crippen molar-refractivity contribution < 1.29 is 14.0 Å². The van der Waals surface area contributed by atoms with Crippen LogP contribution in [-0.4, -0.2) is 24.4 Å². The molecule has 102 valence electrons. The zero-order chi connectivity index (χ0) is 14.3. The summed E-state index contributed by atoms with van der Waals surface area (Å²) >= 11 is 0. The Kier molecular flexibility index (Phi) is 5.73. The number of benzene rings is 1. The third-order valence-corrected chi connectivity index (χ3v) is 2.40. The summed E-state index contributed by atoms with van der Waals surface area (Å²) in [5.41, 5.74) is 0.710. The third-order valence-electron chi connectivity index (χ3n) is 2.40. The lowest BCUT2D eigenvalue weighted by Gasteiger charge is -2.11. The molecule has 0 saturated carbocycles. The van der Waals surface area contributed by atoms with Gasteiger partial charge in [0.2, 0.25) is 11.8 Å². The minimum absolute atomic E-state index is 0.231. The molecule has 1 aromatic carbocycles. The molecule has 0 aliphatic heterocycles. The van der Waals surface area contributed by atoms with Crippen LogP contribution in [0, 0.1) is 5.82 Å². The first-order valence-electron chi connectivity index (χ1n) is 6.04. The maximum absolute atomic E-state index is 12.7. The molecule has 1 atom stereocenters. The molecule has 1 rings (SSSR count). The van der Waals surface area contributed by atoms with Crippen molar-refractivity contribution >= 4 is 17.9 Å². The molecule has 19 heavy (non-hydrogen) atoms. The highest BCUT2D eigenvalue weighted by Crippen LogP contribution is 2.04. The average molecular weight is 264 g/mol. The minimum Gasteiger partial charge on any atom is -0.355 e. The van der Waals surface area contributed by atoms with Crippen LogP contribution in [0.15, 0.2) is 30.3 Å². The van der Waals surface area contributed by atoms with Gasteiger partial charge in [-0.25, -0.2) is 4.39 Å². The van der Waals surface area contributed by atoms with Crippen LogP contribution >= 0.6 is 0 Å². The monoisotopic (exact) mass is 264 g/mol. The van der Waals surface area contributed by atoms with Gasteiger partial charge in [0.25, 0.3) is 0 Å². The van der Waals surface area contributed by atoms with E-state index in [1.54, 1.807) is 32.1 Å². The van der Waals surface area contributed by atoms with Crippen LogP contribution in [0.2, 0.25) is 0 Å². The van der Waals surface area contributed by atoms with Gasteiger partial charge in [-0.3, -0.25) is 9.59 Å². The van der Waals surface area contributed by atoms with E-state index in [0.717, 1.165) is 0 Å². The topological polar surface area (TPSA) is 58.2 Å². The number of hydrogen-bond acceptors (Lipinski definition) is 2. The summed E-state index contributed by atoms with van der Waals surface area (Å²) in [6.07, 6.45) is 2.86. The molecule has 0 saturated heterocycles. The Morgan fingerprint density at radius 1 is 1.32 bits per heavy atom. The van der Waals surface area contributed by atoms with Gasteiger partial charge >= 0.3 is 0 Å². The van der Waals surface area contributed by atoms with Crippen LogP contribution in [0.5, 0.6) is 0 Å². The van der Waals surface area contributed by atoms with E-state index >= 15 is 0 Å². The highest BCUT2D eigenvalue weighted by atomic mass is 19.1. The maximum Gasteiger partial charge on any atom is 0.244 e. The molecule has 1 unspecified atom stereocenters. The summed E-state index contributed by atoms with van der Waals surface area (Å²) in [5, 5.41) is 5.15. The summed E-state index contributed by atoms with van der Waals surface area (Å²) in [7, 11) is 0. The standard InChI is InChI=1S/C14H17FN2O2/c1-3-16-14(19)10(2)17-13(18)9-6-11-4-7-12(15)8-5-11/h4-10H,3H2,1-2H3,(H,16,19)(H,17,18)/b9-6+. The average Bonchev–Trinajstić information content (AvgIpc) is 2.38. The molecule has 0 aliphatic carbocycles. The summed E-state index contributed by atoms with van der Waals surface area (Å²) in [6.45, 7) is 3.93. The lowest BCUT2D eigenvalue weighted by Crippen LogP contribution is -2.44. The Bertz CT molecular complexity index is 469. The van der Waals surface area contributed by atoms with E-state index in [1.165, 1.54) is 18.2 Å². The van der Waals surface area contributed by atoms with Gasteiger partial charge in [0.15, 0.2) is 0 Å². The van der Waals surface area contributed by atoms with E-state index < -0.39 is 6.04 Å². The van der Waals surface area contributed by atoms with Crippen molar-refractivity contribution in [2.24, 2.45) is 0 Å². The number of rotatable bonds is 5. The van der Waals surface area contributed by atoms with E-state index in [2.05, 4.69) is 10.6 Å². The highest BCUT2D eigenvalue weighted by Gasteiger charge is 2.12. The largest absolute Gasteiger partial charge is 0.355 e. The number of halogens is 1. The smallest absolute Gasteiger partial charge is 0.244 e. The van der Waals surface area contributed by atoms with Crippen LogP contribution in [0.25, 0.3) is 6.08 Å². The molecule has 5 heteroatoms. The Morgan fingerprint density at radius 3 is 2.53 bits per heavy atom. The number of hydrogen-bond donors (Lipinski definition) is 2. The van der Waals surface area contributed by atoms with E-state index in [0.29, 0.717) is 12.1 Å². The Balaban J connectivity index is 2.51. The Labute approximate surface area is 111 Å². The summed E-state index contributed by atoms with van der Waals surface area (Å²) in [6, 6.07) is 5.16.